The smallest absolute Gasteiger partial charge is 0.193 e. The Labute approximate surface area is 139 Å². The van der Waals surface area contributed by atoms with Crippen molar-refractivity contribution in [1.82, 2.24) is 0 Å². The maximum atomic E-state index is 13.2. The van der Waals surface area contributed by atoms with Gasteiger partial charge in [-0.2, -0.15) is 0 Å². The normalized spacial score (nSPS) is 14.0. The lowest BCUT2D eigenvalue weighted by molar-refractivity contribution is 0.103. The number of Topliss-reactive ketones (excluding diaryl/α,β-unsaturated/α-hetero) is 1. The second-order valence-electron chi connectivity index (χ2n) is 5.46. The quantitative estimate of drug-likeness (QED) is 0.532. The Morgan fingerprint density at radius 1 is 1.12 bits per heavy atom. The van der Waals surface area contributed by atoms with Crippen LogP contribution in [0.5, 0.6) is 0 Å². The van der Waals surface area contributed by atoms with Crippen molar-refractivity contribution >= 4 is 17.2 Å². The highest BCUT2D eigenvalue weighted by atomic mass is 19.1. The molecule has 1 aliphatic rings. The van der Waals surface area contributed by atoms with Gasteiger partial charge in [-0.25, -0.2) is 10.2 Å². The van der Waals surface area contributed by atoms with Crippen LogP contribution in [0.3, 0.4) is 0 Å². The molecular weight excluding hydrogens is 307 g/mol. The third-order valence-corrected chi connectivity index (χ3v) is 3.99. The van der Waals surface area contributed by atoms with Gasteiger partial charge in [-0.05, 0) is 24.3 Å². The van der Waals surface area contributed by atoms with Crippen LogP contribution in [0.1, 0.15) is 15.9 Å². The SMILES string of the molecule is C=C1C(=O)c2ccccc2C(N(N)c2ccc(F)cc2)=C1COC. The highest BCUT2D eigenvalue weighted by Gasteiger charge is 2.30. The summed E-state index contributed by atoms with van der Waals surface area (Å²) in [6, 6.07) is 13.0. The zero-order valence-electron chi connectivity index (χ0n) is 13.3. The first-order valence-electron chi connectivity index (χ1n) is 7.40. The number of rotatable bonds is 4. The van der Waals surface area contributed by atoms with Crippen LogP contribution >= 0.6 is 0 Å². The Kier molecular flexibility index (Phi) is 4.29. The van der Waals surface area contributed by atoms with Gasteiger partial charge in [0, 0.05) is 29.4 Å². The molecule has 0 aliphatic heterocycles. The molecule has 2 aromatic carbocycles. The van der Waals surface area contributed by atoms with E-state index in [0.717, 1.165) is 0 Å². The molecule has 0 radical (unpaired) electrons. The molecule has 122 valence electrons. The summed E-state index contributed by atoms with van der Waals surface area (Å²) in [6.45, 7) is 4.10. The van der Waals surface area contributed by atoms with Gasteiger partial charge in [-0.3, -0.25) is 9.80 Å². The maximum absolute atomic E-state index is 13.2. The fourth-order valence-electron chi connectivity index (χ4n) is 2.80. The number of ether oxygens (including phenoxy) is 1. The van der Waals surface area contributed by atoms with Crippen LogP contribution in [0.15, 0.2) is 66.3 Å². The lowest BCUT2D eigenvalue weighted by atomic mass is 9.85. The van der Waals surface area contributed by atoms with Gasteiger partial charge < -0.3 is 4.74 Å². The van der Waals surface area contributed by atoms with Crippen molar-refractivity contribution in [2.75, 3.05) is 18.7 Å². The van der Waals surface area contributed by atoms with Crippen LogP contribution < -0.4 is 10.9 Å². The summed E-state index contributed by atoms with van der Waals surface area (Å²) in [7, 11) is 1.54. The second-order valence-corrected chi connectivity index (χ2v) is 5.46. The first kappa shape index (κ1) is 16.1. The summed E-state index contributed by atoms with van der Waals surface area (Å²) in [6.07, 6.45) is 0. The molecule has 0 saturated carbocycles. The van der Waals surface area contributed by atoms with E-state index in [1.807, 2.05) is 12.1 Å². The fourth-order valence-corrected chi connectivity index (χ4v) is 2.80. The van der Waals surface area contributed by atoms with E-state index in [-0.39, 0.29) is 18.2 Å². The van der Waals surface area contributed by atoms with Gasteiger partial charge in [0.05, 0.1) is 18.0 Å². The van der Waals surface area contributed by atoms with Crippen LogP contribution in [0.4, 0.5) is 10.1 Å². The zero-order chi connectivity index (χ0) is 17.3. The van der Waals surface area contributed by atoms with Gasteiger partial charge in [0.25, 0.3) is 0 Å². The number of carbonyl (C=O) groups excluding carboxylic acids is 1. The van der Waals surface area contributed by atoms with Crippen molar-refractivity contribution in [3.63, 3.8) is 0 Å². The number of anilines is 1. The number of ketones is 1. The number of fused-ring (bicyclic) bond motifs is 1. The van der Waals surface area contributed by atoms with E-state index < -0.39 is 0 Å². The Bertz CT molecular complexity index is 841. The molecule has 0 saturated heterocycles. The predicted octanol–water partition coefficient (Wildman–Crippen LogP) is 3.32. The minimum absolute atomic E-state index is 0.145. The Hall–Kier alpha value is -2.76. The molecule has 24 heavy (non-hydrogen) atoms. The lowest BCUT2D eigenvalue weighted by Crippen LogP contribution is -2.34. The minimum Gasteiger partial charge on any atom is -0.380 e. The molecule has 0 unspecified atom stereocenters. The molecule has 0 aromatic heterocycles. The molecule has 4 nitrogen and oxygen atoms in total. The third kappa shape index (κ3) is 2.64. The maximum Gasteiger partial charge on any atom is 0.193 e. The Morgan fingerprint density at radius 3 is 2.38 bits per heavy atom. The van der Waals surface area contributed by atoms with Crippen molar-refractivity contribution < 1.29 is 13.9 Å². The Balaban J connectivity index is 2.21. The van der Waals surface area contributed by atoms with E-state index in [9.17, 15) is 9.18 Å². The van der Waals surface area contributed by atoms with E-state index in [4.69, 9.17) is 10.6 Å². The average molecular weight is 324 g/mol. The van der Waals surface area contributed by atoms with E-state index in [1.165, 1.54) is 17.1 Å². The molecule has 0 heterocycles. The molecule has 2 N–H and O–H groups in total. The topological polar surface area (TPSA) is 55.6 Å². The molecule has 0 spiro atoms. The van der Waals surface area contributed by atoms with Crippen LogP contribution in [0.2, 0.25) is 0 Å². The molecular formula is C19H17FN2O2. The fraction of sp³-hybridized carbons (Fsp3) is 0.105. The van der Waals surface area contributed by atoms with Crippen LogP contribution in [-0.2, 0) is 4.74 Å². The summed E-state index contributed by atoms with van der Waals surface area (Å²) in [5.41, 5.74) is 3.43. The van der Waals surface area contributed by atoms with Crippen LogP contribution in [-0.4, -0.2) is 19.5 Å². The van der Waals surface area contributed by atoms with Crippen molar-refractivity contribution in [2.24, 2.45) is 5.84 Å². The molecule has 0 bridgehead atoms. The average Bonchev–Trinajstić information content (AvgIpc) is 2.60. The second kappa shape index (κ2) is 6.39. The summed E-state index contributed by atoms with van der Waals surface area (Å²) in [5, 5.41) is 1.43. The molecule has 3 rings (SSSR count). The number of nitrogens with two attached hydrogens (primary N) is 1. The van der Waals surface area contributed by atoms with Crippen molar-refractivity contribution in [3.05, 3.63) is 83.2 Å². The number of benzene rings is 2. The van der Waals surface area contributed by atoms with Crippen molar-refractivity contribution in [1.29, 1.82) is 0 Å². The molecule has 1 aliphatic carbocycles. The molecule has 0 fully saturated rings. The number of hydrogen-bond donors (Lipinski definition) is 1. The summed E-state index contributed by atoms with van der Waals surface area (Å²) < 4.78 is 18.4. The lowest BCUT2D eigenvalue weighted by Gasteiger charge is -2.30. The number of halogens is 1. The molecule has 0 amide bonds. The predicted molar refractivity (Wildman–Crippen MR) is 91.8 cm³/mol. The summed E-state index contributed by atoms with van der Waals surface area (Å²) in [5.74, 6) is 5.82. The number of hydrogen-bond acceptors (Lipinski definition) is 4. The first-order chi connectivity index (χ1) is 11.5. The minimum atomic E-state index is -0.345. The Morgan fingerprint density at radius 2 is 1.75 bits per heavy atom. The third-order valence-electron chi connectivity index (χ3n) is 3.99. The van der Waals surface area contributed by atoms with E-state index in [0.29, 0.717) is 33.7 Å². The number of carbonyl (C=O) groups is 1. The van der Waals surface area contributed by atoms with Gasteiger partial charge in [0.2, 0.25) is 0 Å². The molecule has 2 aromatic rings. The van der Waals surface area contributed by atoms with Gasteiger partial charge in [0.15, 0.2) is 5.78 Å². The first-order valence-corrected chi connectivity index (χ1v) is 7.40. The van der Waals surface area contributed by atoms with Crippen LogP contribution in [0.25, 0.3) is 5.70 Å². The molecule has 0 atom stereocenters. The number of nitrogens with zero attached hydrogens (tertiary/aromatic N) is 1. The summed E-state index contributed by atoms with van der Waals surface area (Å²) in [4.78, 5) is 12.6. The monoisotopic (exact) mass is 324 g/mol. The summed E-state index contributed by atoms with van der Waals surface area (Å²) >= 11 is 0. The molecule has 5 heteroatoms. The van der Waals surface area contributed by atoms with E-state index in [2.05, 4.69) is 6.58 Å². The zero-order valence-corrected chi connectivity index (χ0v) is 13.3. The number of hydrazine groups is 1. The highest BCUT2D eigenvalue weighted by Crippen LogP contribution is 2.36. The van der Waals surface area contributed by atoms with E-state index in [1.54, 1.807) is 31.4 Å². The number of methoxy groups -OCH3 is 1. The van der Waals surface area contributed by atoms with E-state index >= 15 is 0 Å². The standard InChI is InChI=1S/C19H17FN2O2/c1-12-17(11-24-2)18(15-5-3-4-6-16(15)19(12)23)22(21)14-9-7-13(20)8-10-14/h3-10H,1,11,21H2,2H3. The van der Waals surface area contributed by atoms with Gasteiger partial charge in [-0.1, -0.05) is 30.8 Å². The van der Waals surface area contributed by atoms with Crippen molar-refractivity contribution in [3.8, 4) is 0 Å². The van der Waals surface area contributed by atoms with Crippen molar-refractivity contribution in [2.45, 2.75) is 0 Å². The van der Waals surface area contributed by atoms with Gasteiger partial charge in [0.1, 0.15) is 5.82 Å². The van der Waals surface area contributed by atoms with Gasteiger partial charge in [-0.15, -0.1) is 0 Å². The highest BCUT2D eigenvalue weighted by molar-refractivity contribution is 6.18. The largest absolute Gasteiger partial charge is 0.380 e. The van der Waals surface area contributed by atoms with Crippen LogP contribution in [0, 0.1) is 5.82 Å². The van der Waals surface area contributed by atoms with Gasteiger partial charge >= 0.3 is 0 Å².